The average Bonchev–Trinajstić information content (AvgIpc) is 2.18. The maximum absolute atomic E-state index is 10.4. The molecule has 2 unspecified atom stereocenters. The third-order valence-corrected chi connectivity index (χ3v) is 1.92. The lowest BCUT2D eigenvalue weighted by atomic mass is 10.2. The Kier molecular flexibility index (Phi) is 32.0. The minimum absolute atomic E-state index is 0. The largest absolute Gasteiger partial charge is 0.354 e. The summed E-state index contributed by atoms with van der Waals surface area (Å²) >= 11 is 0. The molecule has 3 nitrogen and oxygen atoms in total. The van der Waals surface area contributed by atoms with E-state index in [1.165, 1.54) is 12.8 Å². The summed E-state index contributed by atoms with van der Waals surface area (Å²) in [6.45, 7) is 14.1. The van der Waals surface area contributed by atoms with E-state index >= 15 is 0 Å². The number of rotatable bonds is 5. The van der Waals surface area contributed by atoms with Gasteiger partial charge >= 0.3 is 0 Å². The summed E-state index contributed by atoms with van der Waals surface area (Å²) in [7, 11) is 0. The van der Waals surface area contributed by atoms with Gasteiger partial charge in [-0.1, -0.05) is 54.4 Å². The fraction of sp³-hybridized carbons (Fsp3) is 0.938. The molecule has 0 rings (SSSR count). The van der Waals surface area contributed by atoms with E-state index in [0.29, 0.717) is 12.1 Å². The lowest BCUT2D eigenvalue weighted by molar-refractivity contribution is -0.119. The van der Waals surface area contributed by atoms with Crippen molar-refractivity contribution in [3.63, 3.8) is 0 Å². The van der Waals surface area contributed by atoms with Gasteiger partial charge in [-0.2, -0.15) is 0 Å². The summed E-state index contributed by atoms with van der Waals surface area (Å²) in [5, 5.41) is 2.80. The van der Waals surface area contributed by atoms with Crippen LogP contribution in [0.4, 0.5) is 0 Å². The van der Waals surface area contributed by atoms with Gasteiger partial charge in [0.05, 0.1) is 0 Å². The van der Waals surface area contributed by atoms with Gasteiger partial charge in [0.15, 0.2) is 0 Å². The number of carbonyl (C=O) groups excluding carboxylic acids is 1. The Bertz CT molecular complexity index is 159. The summed E-state index contributed by atoms with van der Waals surface area (Å²) in [6, 6.07) is 0.738. The molecule has 120 valence electrons. The second-order valence-corrected chi connectivity index (χ2v) is 4.86. The Balaban J connectivity index is -0.0000000982. The quantitative estimate of drug-likeness (QED) is 0.777. The number of carbonyl (C=O) groups is 1. The van der Waals surface area contributed by atoms with Crippen molar-refractivity contribution < 1.29 is 4.79 Å². The number of hydrogen-bond donors (Lipinski definition) is 2. The molecule has 0 saturated heterocycles. The summed E-state index contributed by atoms with van der Waals surface area (Å²) in [5.74, 6) is 0.0657. The first-order valence-corrected chi connectivity index (χ1v) is 7.38. The van der Waals surface area contributed by atoms with Crippen LogP contribution in [0.3, 0.4) is 0 Å². The minimum atomic E-state index is 0. The van der Waals surface area contributed by atoms with Crippen LogP contribution in [0.2, 0.25) is 0 Å². The molecule has 19 heavy (non-hydrogen) atoms. The van der Waals surface area contributed by atoms with Crippen LogP contribution >= 0.6 is 0 Å². The maximum Gasteiger partial charge on any atom is 0.217 e. The molecule has 0 aliphatic rings. The molecular weight excluding hydrogens is 236 g/mol. The van der Waals surface area contributed by atoms with Crippen molar-refractivity contribution in [1.29, 1.82) is 0 Å². The summed E-state index contributed by atoms with van der Waals surface area (Å²) < 4.78 is 0. The normalized spacial score (nSPS) is 11.6. The fourth-order valence-electron chi connectivity index (χ4n) is 1.31. The topological polar surface area (TPSA) is 55.1 Å². The van der Waals surface area contributed by atoms with E-state index in [-0.39, 0.29) is 13.3 Å². The van der Waals surface area contributed by atoms with Gasteiger partial charge in [0.25, 0.3) is 0 Å². The Morgan fingerprint density at radius 1 is 1.05 bits per heavy atom. The summed E-state index contributed by atoms with van der Waals surface area (Å²) in [5.41, 5.74) is 5.40. The first kappa shape index (κ1) is 26.9. The van der Waals surface area contributed by atoms with Gasteiger partial charge in [0.2, 0.25) is 5.91 Å². The van der Waals surface area contributed by atoms with Crippen molar-refractivity contribution in [2.75, 3.05) is 0 Å². The molecule has 0 bridgehead atoms. The average molecular weight is 277 g/mol. The van der Waals surface area contributed by atoms with E-state index in [4.69, 9.17) is 5.73 Å². The molecule has 0 fully saturated rings. The number of hydrogen-bond acceptors (Lipinski definition) is 2. The summed E-state index contributed by atoms with van der Waals surface area (Å²) in [4.78, 5) is 10.4. The number of amides is 1. The minimum Gasteiger partial charge on any atom is -0.354 e. The number of nitrogens with one attached hydrogen (secondary N) is 1. The van der Waals surface area contributed by atoms with Crippen LogP contribution < -0.4 is 11.1 Å². The van der Waals surface area contributed by atoms with Gasteiger partial charge in [-0.25, -0.2) is 0 Å². The highest BCUT2D eigenvalue weighted by Gasteiger charge is 1.99. The van der Waals surface area contributed by atoms with Crippen molar-refractivity contribution in [3.05, 3.63) is 0 Å². The molecule has 0 aromatic carbocycles. The number of nitrogens with two attached hydrogens (primary N) is 1. The van der Waals surface area contributed by atoms with E-state index in [2.05, 4.69) is 33.0 Å². The second-order valence-electron chi connectivity index (χ2n) is 4.86. The molecule has 0 aliphatic heterocycles. The molecule has 2 atom stereocenters. The first-order chi connectivity index (χ1) is 8.35. The van der Waals surface area contributed by atoms with Gasteiger partial charge in [-0.05, 0) is 26.7 Å². The third-order valence-electron chi connectivity index (χ3n) is 1.92. The van der Waals surface area contributed by atoms with E-state index in [1.807, 2.05) is 13.8 Å². The van der Waals surface area contributed by atoms with Crippen molar-refractivity contribution in [1.82, 2.24) is 5.32 Å². The van der Waals surface area contributed by atoms with Crippen LogP contribution in [0.25, 0.3) is 0 Å². The highest BCUT2D eigenvalue weighted by atomic mass is 16.1. The lowest BCUT2D eigenvalue weighted by Gasteiger charge is -2.09. The van der Waals surface area contributed by atoms with Gasteiger partial charge < -0.3 is 11.1 Å². The van der Waals surface area contributed by atoms with Crippen LogP contribution in [-0.2, 0) is 4.79 Å². The van der Waals surface area contributed by atoms with Crippen LogP contribution in [0, 0.1) is 0 Å². The Morgan fingerprint density at radius 2 is 1.42 bits per heavy atom. The van der Waals surface area contributed by atoms with Gasteiger partial charge in [-0.15, -0.1) is 0 Å². The predicted molar refractivity (Wildman–Crippen MR) is 89.4 cm³/mol. The molecule has 0 aromatic rings. The maximum atomic E-state index is 10.4. The Hall–Kier alpha value is -0.570. The highest BCUT2D eigenvalue weighted by molar-refractivity contribution is 5.73. The molecule has 3 N–H and O–H groups in total. The molecule has 0 saturated carbocycles. The van der Waals surface area contributed by atoms with Crippen molar-refractivity contribution in [2.45, 2.75) is 100 Å². The summed E-state index contributed by atoms with van der Waals surface area (Å²) in [6.07, 6.45) is 5.80. The molecule has 0 heterocycles. The molecule has 0 aromatic heterocycles. The molecule has 3 heteroatoms. The SMILES string of the molecule is C.CCC.CCCC(C)N.CCCC(C)NC(C)=O. The fourth-order valence-corrected chi connectivity index (χ4v) is 1.31. The highest BCUT2D eigenvalue weighted by Crippen LogP contribution is 1.93. The standard InChI is InChI=1S/C7H15NO.C5H13N.C3H8.CH4/c1-4-5-6(2)8-7(3)9;1-3-4-5(2)6;1-3-2;/h6H,4-5H2,1-3H3,(H,8,9);5H,3-4,6H2,1-2H3;3H2,1-2H3;1H4. The smallest absolute Gasteiger partial charge is 0.217 e. The van der Waals surface area contributed by atoms with Crippen LogP contribution in [0.5, 0.6) is 0 Å². The van der Waals surface area contributed by atoms with Gasteiger partial charge in [-0.3, -0.25) is 4.79 Å². The second kappa shape index (κ2) is 22.6. The van der Waals surface area contributed by atoms with Crippen molar-refractivity contribution in [3.8, 4) is 0 Å². The first-order valence-electron chi connectivity index (χ1n) is 7.38. The molecule has 1 amide bonds. The zero-order valence-corrected chi connectivity index (χ0v) is 13.7. The van der Waals surface area contributed by atoms with Crippen LogP contribution in [0.15, 0.2) is 0 Å². The lowest BCUT2D eigenvalue weighted by Crippen LogP contribution is -2.29. The van der Waals surface area contributed by atoms with Crippen molar-refractivity contribution in [2.24, 2.45) is 5.73 Å². The van der Waals surface area contributed by atoms with Crippen molar-refractivity contribution >= 4 is 5.91 Å². The van der Waals surface area contributed by atoms with E-state index < -0.39 is 0 Å². The third kappa shape index (κ3) is 46.7. The molecule has 0 radical (unpaired) electrons. The van der Waals surface area contributed by atoms with E-state index in [9.17, 15) is 4.79 Å². The Morgan fingerprint density at radius 3 is 1.58 bits per heavy atom. The Labute approximate surface area is 122 Å². The predicted octanol–water partition coefficient (Wildman–Crippen LogP) is 4.50. The molecule has 0 aliphatic carbocycles. The van der Waals surface area contributed by atoms with E-state index in [1.54, 1.807) is 6.92 Å². The van der Waals surface area contributed by atoms with Gasteiger partial charge in [0.1, 0.15) is 0 Å². The van der Waals surface area contributed by atoms with Crippen LogP contribution in [-0.4, -0.2) is 18.0 Å². The molecular formula is C16H40N2O. The zero-order valence-electron chi connectivity index (χ0n) is 13.7. The van der Waals surface area contributed by atoms with Gasteiger partial charge in [0, 0.05) is 19.0 Å². The zero-order chi connectivity index (χ0) is 15.0. The molecule has 0 spiro atoms. The van der Waals surface area contributed by atoms with E-state index in [0.717, 1.165) is 19.3 Å². The monoisotopic (exact) mass is 276 g/mol. The van der Waals surface area contributed by atoms with Crippen LogP contribution in [0.1, 0.15) is 88.0 Å².